The van der Waals surface area contributed by atoms with Crippen LogP contribution >= 0.6 is 0 Å². The molecule has 1 heterocycles. The minimum absolute atomic E-state index is 0.0823. The molecular formula is C15H22N2O2. The zero-order chi connectivity index (χ0) is 13.8. The van der Waals surface area contributed by atoms with Crippen LogP contribution in [0.5, 0.6) is 0 Å². The van der Waals surface area contributed by atoms with Crippen LogP contribution in [0.25, 0.3) is 0 Å². The van der Waals surface area contributed by atoms with Gasteiger partial charge in [-0.15, -0.1) is 0 Å². The van der Waals surface area contributed by atoms with Gasteiger partial charge in [0.15, 0.2) is 0 Å². The fraction of sp³-hybridized carbons (Fsp3) is 0.533. The Morgan fingerprint density at radius 3 is 2.68 bits per heavy atom. The Labute approximate surface area is 114 Å². The first-order chi connectivity index (χ1) is 9.15. The van der Waals surface area contributed by atoms with Gasteiger partial charge in [0.2, 0.25) is 0 Å². The minimum Gasteiger partial charge on any atom is -0.366 e. The van der Waals surface area contributed by atoms with Gasteiger partial charge in [-0.1, -0.05) is 18.2 Å². The average molecular weight is 262 g/mol. The first kappa shape index (κ1) is 14.0. The fourth-order valence-electron chi connectivity index (χ4n) is 2.58. The SMILES string of the molecule is CNCCC1OCCN(c2c(C)cccc2C)C1=O. The highest BCUT2D eigenvalue weighted by Gasteiger charge is 2.31. The van der Waals surface area contributed by atoms with E-state index >= 15 is 0 Å². The lowest BCUT2D eigenvalue weighted by Gasteiger charge is -2.34. The molecule has 1 aliphatic heterocycles. The quantitative estimate of drug-likeness (QED) is 0.897. The molecule has 2 rings (SSSR count). The largest absolute Gasteiger partial charge is 0.366 e. The summed E-state index contributed by atoms with van der Waals surface area (Å²) in [6.45, 7) is 6.13. The van der Waals surface area contributed by atoms with Crippen molar-refractivity contribution in [1.29, 1.82) is 0 Å². The highest BCUT2D eigenvalue weighted by Crippen LogP contribution is 2.27. The van der Waals surface area contributed by atoms with Gasteiger partial charge in [-0.2, -0.15) is 0 Å². The number of para-hydroxylation sites is 1. The Bertz CT molecular complexity index is 439. The van der Waals surface area contributed by atoms with E-state index in [2.05, 4.69) is 5.32 Å². The lowest BCUT2D eigenvalue weighted by atomic mass is 10.1. The molecule has 1 fully saturated rings. The van der Waals surface area contributed by atoms with Gasteiger partial charge >= 0.3 is 0 Å². The maximum atomic E-state index is 12.5. The van der Waals surface area contributed by atoms with Gasteiger partial charge in [0, 0.05) is 12.2 Å². The molecule has 0 bridgehead atoms. The molecule has 1 aromatic carbocycles. The molecule has 0 aromatic heterocycles. The standard InChI is InChI=1S/C15H22N2O2/c1-11-5-4-6-12(2)14(11)17-9-10-19-13(15(17)18)7-8-16-3/h4-6,13,16H,7-10H2,1-3H3. The van der Waals surface area contributed by atoms with E-state index in [1.807, 2.05) is 44.0 Å². The third-order valence-corrected chi connectivity index (χ3v) is 3.54. The summed E-state index contributed by atoms with van der Waals surface area (Å²) in [6, 6.07) is 6.12. The number of carbonyl (C=O) groups is 1. The van der Waals surface area contributed by atoms with Gasteiger partial charge in [0.05, 0.1) is 6.61 Å². The van der Waals surface area contributed by atoms with Gasteiger partial charge in [0.1, 0.15) is 6.10 Å². The number of ether oxygens (including phenoxy) is 1. The van der Waals surface area contributed by atoms with Crippen molar-refractivity contribution >= 4 is 11.6 Å². The van der Waals surface area contributed by atoms with Crippen molar-refractivity contribution in [2.24, 2.45) is 0 Å². The van der Waals surface area contributed by atoms with Crippen LogP contribution in [-0.2, 0) is 9.53 Å². The summed E-state index contributed by atoms with van der Waals surface area (Å²) in [4.78, 5) is 14.4. The van der Waals surface area contributed by atoms with Gasteiger partial charge in [0.25, 0.3) is 5.91 Å². The molecule has 1 saturated heterocycles. The van der Waals surface area contributed by atoms with Crippen molar-refractivity contribution in [3.63, 3.8) is 0 Å². The Kier molecular flexibility index (Phi) is 4.56. The van der Waals surface area contributed by atoms with Crippen LogP contribution in [0.4, 0.5) is 5.69 Å². The third kappa shape index (κ3) is 2.96. The molecule has 0 saturated carbocycles. The monoisotopic (exact) mass is 262 g/mol. The van der Waals surface area contributed by atoms with Crippen LogP contribution in [0.1, 0.15) is 17.5 Å². The molecule has 104 valence electrons. The first-order valence-electron chi connectivity index (χ1n) is 6.79. The van der Waals surface area contributed by atoms with Crippen LogP contribution in [0.3, 0.4) is 0 Å². The Morgan fingerprint density at radius 2 is 2.05 bits per heavy atom. The maximum absolute atomic E-state index is 12.5. The maximum Gasteiger partial charge on any atom is 0.256 e. The average Bonchev–Trinajstić information content (AvgIpc) is 2.39. The first-order valence-corrected chi connectivity index (χ1v) is 6.79. The topological polar surface area (TPSA) is 41.6 Å². The van der Waals surface area contributed by atoms with Gasteiger partial charge in [-0.25, -0.2) is 0 Å². The second-order valence-electron chi connectivity index (χ2n) is 4.98. The van der Waals surface area contributed by atoms with Crippen LogP contribution in [-0.4, -0.2) is 38.8 Å². The lowest BCUT2D eigenvalue weighted by molar-refractivity contribution is -0.134. The van der Waals surface area contributed by atoms with Crippen molar-refractivity contribution in [3.05, 3.63) is 29.3 Å². The zero-order valence-electron chi connectivity index (χ0n) is 11.9. The lowest BCUT2D eigenvalue weighted by Crippen LogP contribution is -2.49. The molecule has 0 aliphatic carbocycles. The second-order valence-corrected chi connectivity index (χ2v) is 4.98. The van der Waals surface area contributed by atoms with E-state index in [1.54, 1.807) is 0 Å². The number of nitrogens with zero attached hydrogens (tertiary/aromatic N) is 1. The molecule has 1 N–H and O–H groups in total. The van der Waals surface area contributed by atoms with Crippen molar-refractivity contribution < 1.29 is 9.53 Å². The number of morpholine rings is 1. The van der Waals surface area contributed by atoms with Crippen LogP contribution in [0, 0.1) is 13.8 Å². The highest BCUT2D eigenvalue weighted by molar-refractivity contribution is 5.98. The molecule has 1 amide bonds. The Balaban J connectivity index is 2.22. The number of nitrogens with one attached hydrogen (secondary N) is 1. The molecule has 4 heteroatoms. The second kappa shape index (κ2) is 6.17. The van der Waals surface area contributed by atoms with E-state index < -0.39 is 0 Å². The summed E-state index contributed by atoms with van der Waals surface area (Å²) in [5.41, 5.74) is 3.33. The van der Waals surface area contributed by atoms with E-state index in [0.717, 1.165) is 29.8 Å². The van der Waals surface area contributed by atoms with E-state index in [0.29, 0.717) is 13.2 Å². The van der Waals surface area contributed by atoms with Gasteiger partial charge < -0.3 is 15.0 Å². The van der Waals surface area contributed by atoms with Gasteiger partial charge in [-0.3, -0.25) is 4.79 Å². The third-order valence-electron chi connectivity index (χ3n) is 3.54. The smallest absolute Gasteiger partial charge is 0.256 e. The van der Waals surface area contributed by atoms with E-state index in [4.69, 9.17) is 4.74 Å². The molecule has 1 atom stereocenters. The number of benzene rings is 1. The minimum atomic E-state index is -0.319. The van der Waals surface area contributed by atoms with E-state index in [9.17, 15) is 4.79 Å². The molecule has 0 radical (unpaired) electrons. The van der Waals surface area contributed by atoms with Gasteiger partial charge in [-0.05, 0) is 45.0 Å². The number of aryl methyl sites for hydroxylation is 2. The summed E-state index contributed by atoms with van der Waals surface area (Å²) < 4.78 is 5.59. The highest BCUT2D eigenvalue weighted by atomic mass is 16.5. The van der Waals surface area contributed by atoms with Crippen molar-refractivity contribution in [3.8, 4) is 0 Å². The Hall–Kier alpha value is -1.39. The van der Waals surface area contributed by atoms with Crippen molar-refractivity contribution in [2.75, 3.05) is 31.6 Å². The predicted molar refractivity (Wildman–Crippen MR) is 76.6 cm³/mol. The number of hydrogen-bond donors (Lipinski definition) is 1. The molecule has 0 spiro atoms. The van der Waals surface area contributed by atoms with Crippen molar-refractivity contribution in [2.45, 2.75) is 26.4 Å². The molecule has 1 aliphatic rings. The zero-order valence-corrected chi connectivity index (χ0v) is 11.9. The number of rotatable bonds is 4. The molecule has 4 nitrogen and oxygen atoms in total. The number of amides is 1. The summed E-state index contributed by atoms with van der Waals surface area (Å²) in [6.07, 6.45) is 0.400. The number of anilines is 1. The summed E-state index contributed by atoms with van der Waals surface area (Å²) in [7, 11) is 1.89. The summed E-state index contributed by atoms with van der Waals surface area (Å²) in [5, 5.41) is 3.06. The number of hydrogen-bond acceptors (Lipinski definition) is 3. The van der Waals surface area contributed by atoms with Crippen LogP contribution < -0.4 is 10.2 Å². The molecule has 19 heavy (non-hydrogen) atoms. The Morgan fingerprint density at radius 1 is 1.37 bits per heavy atom. The van der Waals surface area contributed by atoms with Crippen molar-refractivity contribution in [1.82, 2.24) is 5.32 Å². The van der Waals surface area contributed by atoms with Crippen LogP contribution in [0.15, 0.2) is 18.2 Å². The molecular weight excluding hydrogens is 240 g/mol. The summed E-state index contributed by atoms with van der Waals surface area (Å²) >= 11 is 0. The normalized spacial score (nSPS) is 19.8. The van der Waals surface area contributed by atoms with E-state index in [1.165, 1.54) is 0 Å². The molecule has 1 aromatic rings. The number of carbonyl (C=O) groups excluding carboxylic acids is 1. The summed E-state index contributed by atoms with van der Waals surface area (Å²) in [5.74, 6) is 0.0823. The van der Waals surface area contributed by atoms with E-state index in [-0.39, 0.29) is 12.0 Å². The van der Waals surface area contributed by atoms with Crippen LogP contribution in [0.2, 0.25) is 0 Å². The fourth-order valence-corrected chi connectivity index (χ4v) is 2.58. The molecule has 1 unspecified atom stereocenters. The predicted octanol–water partition coefficient (Wildman–Crippen LogP) is 1.64.